The molecule has 0 fully saturated rings. The van der Waals surface area contributed by atoms with Crippen LogP contribution >= 0.6 is 0 Å². The molecule has 0 aromatic heterocycles. The van der Waals surface area contributed by atoms with Crippen molar-refractivity contribution in [2.75, 3.05) is 16.8 Å². The molecule has 0 atom stereocenters. The second-order valence-electron chi connectivity index (χ2n) is 9.93. The van der Waals surface area contributed by atoms with Crippen molar-refractivity contribution < 1.29 is 19.1 Å². The highest BCUT2D eigenvalue weighted by Crippen LogP contribution is 2.36. The van der Waals surface area contributed by atoms with Crippen LogP contribution in [0, 0.1) is 0 Å². The Kier molecular flexibility index (Phi) is 8.86. The molecule has 1 rings (SSSR count). The van der Waals surface area contributed by atoms with Gasteiger partial charge in [-0.3, -0.25) is 9.69 Å². The number of hydrogen-bond donors (Lipinski definition) is 2. The molecule has 168 valence electrons. The van der Waals surface area contributed by atoms with E-state index in [9.17, 15) is 14.7 Å². The van der Waals surface area contributed by atoms with Crippen molar-refractivity contribution in [3.8, 4) is 0 Å². The Balaban J connectivity index is 2.67. The Hall–Kier alpha value is -2.12. The van der Waals surface area contributed by atoms with E-state index in [-0.39, 0.29) is 17.4 Å². The zero-order valence-corrected chi connectivity index (χ0v) is 20.7. The third-order valence-electron chi connectivity index (χ3n) is 5.30. The number of benzene rings is 1. The number of hydrogen-bond acceptors (Lipinski definition) is 3. The first-order valence-corrected chi connectivity index (χ1v) is 13.3. The highest BCUT2D eigenvalue weighted by Gasteiger charge is 2.36. The van der Waals surface area contributed by atoms with Crippen molar-refractivity contribution in [3.63, 3.8) is 0 Å². The minimum Gasteiger partial charge on any atom is -0.465 e. The minimum absolute atomic E-state index is 0.181. The number of carbonyl (C=O) groups is 2. The van der Waals surface area contributed by atoms with E-state index < -0.39 is 19.9 Å². The lowest BCUT2D eigenvalue weighted by Crippen LogP contribution is -2.45. The Labute approximate surface area is 182 Å². The maximum Gasteiger partial charge on any atom is 0.412 e. The second-order valence-corrected chi connectivity index (χ2v) is 14.7. The van der Waals surface area contributed by atoms with Crippen molar-refractivity contribution in [2.45, 2.75) is 78.1 Å². The molecule has 0 radical (unpaired) electrons. The lowest BCUT2D eigenvalue weighted by molar-refractivity contribution is -0.115. The maximum absolute atomic E-state index is 12.4. The van der Waals surface area contributed by atoms with Gasteiger partial charge in [0.25, 0.3) is 0 Å². The van der Waals surface area contributed by atoms with Crippen LogP contribution in [0.15, 0.2) is 36.4 Å². The van der Waals surface area contributed by atoms with E-state index in [1.165, 1.54) is 4.90 Å². The molecule has 6 nitrogen and oxygen atoms in total. The summed E-state index contributed by atoms with van der Waals surface area (Å²) in [6.07, 6.45) is 3.69. The van der Waals surface area contributed by atoms with Gasteiger partial charge in [-0.15, -0.1) is 0 Å². The number of nitrogens with zero attached hydrogens (tertiary/aromatic N) is 1. The number of nitrogens with one attached hydrogen (secondary N) is 1. The summed E-state index contributed by atoms with van der Waals surface area (Å²) in [5.74, 6) is -0.191. The normalized spacial score (nSPS) is 12.8. The van der Waals surface area contributed by atoms with Gasteiger partial charge in [-0.2, -0.15) is 0 Å². The number of rotatable bonds is 8. The quantitative estimate of drug-likeness (QED) is 0.287. The van der Waals surface area contributed by atoms with Crippen LogP contribution in [0.4, 0.5) is 16.2 Å². The Bertz CT molecular complexity index is 761. The highest BCUT2D eigenvalue weighted by molar-refractivity contribution is 6.74. The van der Waals surface area contributed by atoms with Crippen molar-refractivity contribution in [1.29, 1.82) is 0 Å². The summed E-state index contributed by atoms with van der Waals surface area (Å²) >= 11 is 0. The van der Waals surface area contributed by atoms with E-state index in [4.69, 9.17) is 4.43 Å². The van der Waals surface area contributed by atoms with Gasteiger partial charge in [0.15, 0.2) is 8.32 Å². The zero-order valence-electron chi connectivity index (χ0n) is 19.7. The van der Waals surface area contributed by atoms with Crippen LogP contribution in [0.1, 0.15) is 54.4 Å². The molecule has 0 spiro atoms. The molecule has 0 saturated heterocycles. The molecule has 0 unspecified atom stereocenters. The Morgan fingerprint density at radius 2 is 1.70 bits per heavy atom. The van der Waals surface area contributed by atoms with Crippen LogP contribution < -0.4 is 10.2 Å². The van der Waals surface area contributed by atoms with Crippen molar-refractivity contribution >= 4 is 31.7 Å². The smallest absolute Gasteiger partial charge is 0.412 e. The molecule has 0 heterocycles. The van der Waals surface area contributed by atoms with Gasteiger partial charge < -0.3 is 14.8 Å². The SMILES string of the molecule is CC(C)(C)N(C(=O)O)c1ccccc1NC(=O)C/C=C/CCO[Si](C)(C)C(C)(C)C. The molecule has 1 aromatic carbocycles. The first-order chi connectivity index (χ1) is 13.7. The molecule has 0 saturated carbocycles. The summed E-state index contributed by atoms with van der Waals surface area (Å²) in [5.41, 5.74) is 0.295. The first kappa shape index (κ1) is 25.9. The van der Waals surface area contributed by atoms with E-state index in [1.54, 1.807) is 24.3 Å². The van der Waals surface area contributed by atoms with E-state index in [0.29, 0.717) is 18.0 Å². The van der Waals surface area contributed by atoms with Gasteiger partial charge in [0.2, 0.25) is 5.91 Å². The van der Waals surface area contributed by atoms with Crippen LogP contribution in [0.2, 0.25) is 18.1 Å². The summed E-state index contributed by atoms with van der Waals surface area (Å²) in [7, 11) is -1.75. The molecule has 30 heavy (non-hydrogen) atoms. The summed E-state index contributed by atoms with van der Waals surface area (Å²) in [5, 5.41) is 12.7. The van der Waals surface area contributed by atoms with Gasteiger partial charge in [-0.25, -0.2) is 4.79 Å². The van der Waals surface area contributed by atoms with E-state index in [1.807, 2.05) is 32.9 Å². The molecule has 2 amide bonds. The molecule has 7 heteroatoms. The van der Waals surface area contributed by atoms with Gasteiger partial charge in [-0.05, 0) is 57.5 Å². The topological polar surface area (TPSA) is 78.9 Å². The van der Waals surface area contributed by atoms with Crippen LogP contribution in [-0.2, 0) is 9.22 Å². The third-order valence-corrected chi connectivity index (χ3v) is 9.84. The van der Waals surface area contributed by atoms with Crippen molar-refractivity contribution in [2.24, 2.45) is 0 Å². The highest BCUT2D eigenvalue weighted by atomic mass is 28.4. The molecule has 0 bridgehead atoms. The third kappa shape index (κ3) is 7.61. The van der Waals surface area contributed by atoms with Crippen LogP contribution in [0.3, 0.4) is 0 Å². The Morgan fingerprint density at radius 1 is 1.10 bits per heavy atom. The predicted octanol–water partition coefficient (Wildman–Crippen LogP) is 6.27. The van der Waals surface area contributed by atoms with Crippen molar-refractivity contribution in [1.82, 2.24) is 0 Å². The fourth-order valence-electron chi connectivity index (χ4n) is 2.63. The van der Waals surface area contributed by atoms with Crippen molar-refractivity contribution in [3.05, 3.63) is 36.4 Å². The van der Waals surface area contributed by atoms with Gasteiger partial charge in [0, 0.05) is 18.6 Å². The zero-order chi connectivity index (χ0) is 23.2. The summed E-state index contributed by atoms with van der Waals surface area (Å²) in [4.78, 5) is 25.4. The van der Waals surface area contributed by atoms with Crippen LogP contribution in [0.5, 0.6) is 0 Å². The largest absolute Gasteiger partial charge is 0.465 e. The number of carbonyl (C=O) groups excluding carboxylic acids is 1. The molecule has 1 aromatic rings. The number of carboxylic acid groups (broad SMARTS) is 1. The maximum atomic E-state index is 12.4. The fourth-order valence-corrected chi connectivity index (χ4v) is 3.69. The molecular formula is C23H38N2O4Si. The molecule has 0 aliphatic rings. The molecular weight excluding hydrogens is 396 g/mol. The van der Waals surface area contributed by atoms with E-state index in [2.05, 4.69) is 39.2 Å². The molecule has 0 aliphatic heterocycles. The Morgan fingerprint density at radius 3 is 2.23 bits per heavy atom. The summed E-state index contributed by atoms with van der Waals surface area (Å²) in [6.45, 7) is 17.2. The summed E-state index contributed by atoms with van der Waals surface area (Å²) < 4.78 is 6.12. The van der Waals surface area contributed by atoms with Crippen LogP contribution in [-0.4, -0.2) is 37.6 Å². The summed E-state index contributed by atoms with van der Waals surface area (Å²) in [6, 6.07) is 6.94. The lowest BCUT2D eigenvalue weighted by Gasteiger charge is -2.36. The first-order valence-electron chi connectivity index (χ1n) is 10.4. The monoisotopic (exact) mass is 434 g/mol. The average Bonchev–Trinajstić information content (AvgIpc) is 2.57. The van der Waals surface area contributed by atoms with Gasteiger partial charge >= 0.3 is 6.09 Å². The lowest BCUT2D eigenvalue weighted by atomic mass is 10.0. The van der Waals surface area contributed by atoms with Crippen LogP contribution in [0.25, 0.3) is 0 Å². The number of amides is 2. The van der Waals surface area contributed by atoms with Gasteiger partial charge in [0.1, 0.15) is 0 Å². The van der Waals surface area contributed by atoms with Gasteiger partial charge in [0.05, 0.1) is 11.4 Å². The standard InChI is InChI=1S/C23H38N2O4Si/c1-22(2,3)25(21(27)28)19-15-12-11-14-18(19)24-20(26)16-10-9-13-17-29-30(7,8)23(4,5)6/h9-12,14-15H,13,16-17H2,1-8H3,(H,24,26)(H,27,28)/b10-9+. The number of anilines is 2. The van der Waals surface area contributed by atoms with E-state index >= 15 is 0 Å². The second kappa shape index (κ2) is 10.3. The predicted molar refractivity (Wildman–Crippen MR) is 127 cm³/mol. The number of para-hydroxylation sites is 2. The van der Waals surface area contributed by atoms with E-state index in [0.717, 1.165) is 6.42 Å². The fraction of sp³-hybridized carbons (Fsp3) is 0.565. The minimum atomic E-state index is -1.75. The van der Waals surface area contributed by atoms with Gasteiger partial charge in [-0.1, -0.05) is 45.1 Å². The molecule has 2 N–H and O–H groups in total. The molecule has 0 aliphatic carbocycles. The average molecular weight is 435 g/mol.